The summed E-state index contributed by atoms with van der Waals surface area (Å²) < 4.78 is 0. The van der Waals surface area contributed by atoms with Crippen molar-refractivity contribution in [3.05, 3.63) is 124 Å². The quantitative estimate of drug-likeness (QED) is 0.239. The molecular formula is C33H36N6. The molecule has 39 heavy (non-hydrogen) atoms. The third-order valence-corrected chi connectivity index (χ3v) is 7.56. The lowest BCUT2D eigenvalue weighted by Crippen LogP contribution is -2.32. The van der Waals surface area contributed by atoms with Gasteiger partial charge in [-0.25, -0.2) is 4.98 Å². The van der Waals surface area contributed by atoms with Crippen molar-refractivity contribution < 1.29 is 0 Å². The van der Waals surface area contributed by atoms with Crippen LogP contribution in [0.1, 0.15) is 64.0 Å². The fraction of sp³-hybridized carbons (Fsp3) is 0.303. The molecule has 1 aliphatic rings. The van der Waals surface area contributed by atoms with E-state index in [9.17, 15) is 0 Å². The third-order valence-electron chi connectivity index (χ3n) is 7.56. The van der Waals surface area contributed by atoms with Crippen LogP contribution >= 0.6 is 0 Å². The van der Waals surface area contributed by atoms with E-state index >= 15 is 0 Å². The molecule has 2 aromatic carbocycles. The van der Waals surface area contributed by atoms with Gasteiger partial charge >= 0.3 is 0 Å². The molecule has 0 aliphatic heterocycles. The number of aromatic nitrogens is 4. The highest BCUT2D eigenvalue weighted by molar-refractivity contribution is 5.74. The molecule has 6 rings (SSSR count). The van der Waals surface area contributed by atoms with Crippen LogP contribution in [0.4, 0.5) is 0 Å². The van der Waals surface area contributed by atoms with Gasteiger partial charge in [-0.15, -0.1) is 0 Å². The molecule has 3 heterocycles. The lowest BCUT2D eigenvalue weighted by Gasteiger charge is -2.34. The normalized spacial score (nSPS) is 15.1. The summed E-state index contributed by atoms with van der Waals surface area (Å²) in [5, 5.41) is 3.58. The summed E-state index contributed by atoms with van der Waals surface area (Å²) in [6.07, 6.45) is 5.33. The first kappa shape index (κ1) is 25.4. The number of benzene rings is 2. The van der Waals surface area contributed by atoms with E-state index in [1.165, 1.54) is 34.4 Å². The number of aryl methyl sites for hydroxylation is 3. The summed E-state index contributed by atoms with van der Waals surface area (Å²) in [4.78, 5) is 20.5. The molecule has 2 N–H and O–H groups in total. The highest BCUT2D eigenvalue weighted by Crippen LogP contribution is 2.34. The predicted molar refractivity (Wildman–Crippen MR) is 156 cm³/mol. The molecule has 3 aromatic heterocycles. The Morgan fingerprint density at radius 2 is 1.79 bits per heavy atom. The highest BCUT2D eigenvalue weighted by Gasteiger charge is 2.28. The number of hydrogen-bond donors (Lipinski definition) is 2. The van der Waals surface area contributed by atoms with Crippen LogP contribution < -0.4 is 5.32 Å². The monoisotopic (exact) mass is 516 g/mol. The van der Waals surface area contributed by atoms with Gasteiger partial charge in [-0.3, -0.25) is 14.9 Å². The van der Waals surface area contributed by atoms with E-state index in [0.29, 0.717) is 0 Å². The summed E-state index contributed by atoms with van der Waals surface area (Å²) >= 11 is 0. The smallest absolute Gasteiger partial charge is 0.121 e. The molecule has 0 fully saturated rings. The number of nitrogens with zero attached hydrogens (tertiary/aromatic N) is 4. The van der Waals surface area contributed by atoms with E-state index in [-0.39, 0.29) is 6.04 Å². The SMILES string of the molecule is Cc1cc(C)nc(CNCc2cccc(CN(Cc3nc4ccccc4[nH]3)C3CCCc4cccnc43)c2)c1. The largest absolute Gasteiger partial charge is 0.341 e. The zero-order chi connectivity index (χ0) is 26.6. The van der Waals surface area contributed by atoms with Crippen molar-refractivity contribution in [2.45, 2.75) is 65.3 Å². The zero-order valence-corrected chi connectivity index (χ0v) is 22.8. The Morgan fingerprint density at radius 3 is 2.69 bits per heavy atom. The molecule has 1 aliphatic carbocycles. The van der Waals surface area contributed by atoms with Crippen molar-refractivity contribution >= 4 is 11.0 Å². The van der Waals surface area contributed by atoms with Gasteiger partial charge in [-0.2, -0.15) is 0 Å². The van der Waals surface area contributed by atoms with Crippen LogP contribution in [0.2, 0.25) is 0 Å². The first-order valence-electron chi connectivity index (χ1n) is 13.9. The molecule has 1 atom stereocenters. The maximum atomic E-state index is 4.91. The van der Waals surface area contributed by atoms with E-state index in [4.69, 9.17) is 9.97 Å². The minimum absolute atomic E-state index is 0.264. The Morgan fingerprint density at radius 1 is 0.897 bits per heavy atom. The van der Waals surface area contributed by atoms with Crippen LogP contribution in [0.5, 0.6) is 0 Å². The fourth-order valence-electron chi connectivity index (χ4n) is 5.91. The molecule has 198 valence electrons. The number of aromatic amines is 1. The number of hydrogen-bond acceptors (Lipinski definition) is 5. The number of para-hydroxylation sites is 2. The van der Waals surface area contributed by atoms with Gasteiger partial charge in [0.1, 0.15) is 5.82 Å². The molecule has 6 heteroatoms. The summed E-state index contributed by atoms with van der Waals surface area (Å²) in [5.41, 5.74) is 10.7. The maximum Gasteiger partial charge on any atom is 0.121 e. The maximum absolute atomic E-state index is 4.91. The van der Waals surface area contributed by atoms with Crippen molar-refractivity contribution in [3.63, 3.8) is 0 Å². The van der Waals surface area contributed by atoms with Gasteiger partial charge in [0.2, 0.25) is 0 Å². The van der Waals surface area contributed by atoms with E-state index in [1.54, 1.807) is 0 Å². The zero-order valence-electron chi connectivity index (χ0n) is 22.8. The highest BCUT2D eigenvalue weighted by atomic mass is 15.2. The molecule has 0 bridgehead atoms. The van der Waals surface area contributed by atoms with Gasteiger partial charge in [0.15, 0.2) is 0 Å². The molecule has 5 aromatic rings. The number of pyridine rings is 2. The van der Waals surface area contributed by atoms with Gasteiger partial charge in [-0.1, -0.05) is 42.5 Å². The van der Waals surface area contributed by atoms with E-state index in [2.05, 4.69) is 101 Å². The Hall–Kier alpha value is -3.87. The molecule has 0 saturated carbocycles. The molecule has 1 unspecified atom stereocenters. The second-order valence-electron chi connectivity index (χ2n) is 10.8. The van der Waals surface area contributed by atoms with Crippen molar-refractivity contribution in [2.75, 3.05) is 0 Å². The van der Waals surface area contributed by atoms with Gasteiger partial charge in [0.25, 0.3) is 0 Å². The minimum atomic E-state index is 0.264. The first-order valence-corrected chi connectivity index (χ1v) is 13.9. The van der Waals surface area contributed by atoms with Gasteiger partial charge in [0, 0.05) is 31.5 Å². The lowest BCUT2D eigenvalue weighted by molar-refractivity contribution is 0.153. The second-order valence-corrected chi connectivity index (χ2v) is 10.8. The minimum Gasteiger partial charge on any atom is -0.341 e. The summed E-state index contributed by atoms with van der Waals surface area (Å²) in [6, 6.07) is 26.0. The predicted octanol–water partition coefficient (Wildman–Crippen LogP) is 6.34. The summed E-state index contributed by atoms with van der Waals surface area (Å²) in [5.74, 6) is 0.998. The van der Waals surface area contributed by atoms with Crippen LogP contribution in [-0.2, 0) is 32.6 Å². The number of imidazole rings is 1. The fourth-order valence-corrected chi connectivity index (χ4v) is 5.91. The Kier molecular flexibility index (Phi) is 7.48. The third kappa shape index (κ3) is 6.08. The van der Waals surface area contributed by atoms with Crippen LogP contribution in [0.3, 0.4) is 0 Å². The standard InChI is InChI=1S/C33H36N6/c1-23-16-24(2)36-28(17-23)20-34-19-25-8-5-9-26(18-25)21-39(22-32-37-29-12-3-4-13-30(29)38-32)31-14-6-10-27-11-7-15-35-33(27)31/h3-5,7-9,11-13,15-18,31,34H,6,10,14,19-22H2,1-2H3,(H,37,38). The number of fused-ring (bicyclic) bond motifs is 2. The Balaban J connectivity index is 1.22. The average Bonchev–Trinajstić information content (AvgIpc) is 3.35. The topological polar surface area (TPSA) is 69.7 Å². The van der Waals surface area contributed by atoms with Crippen molar-refractivity contribution in [2.24, 2.45) is 0 Å². The molecule has 0 amide bonds. The van der Waals surface area contributed by atoms with Gasteiger partial charge < -0.3 is 10.3 Å². The number of rotatable bonds is 9. The second kappa shape index (κ2) is 11.5. The molecule has 6 nitrogen and oxygen atoms in total. The average molecular weight is 517 g/mol. The molecular weight excluding hydrogens is 480 g/mol. The van der Waals surface area contributed by atoms with Gasteiger partial charge in [0.05, 0.1) is 35.0 Å². The van der Waals surface area contributed by atoms with Crippen LogP contribution in [-0.4, -0.2) is 24.8 Å². The number of H-pyrrole nitrogens is 1. The Bertz CT molecular complexity index is 1520. The van der Waals surface area contributed by atoms with Crippen LogP contribution in [0, 0.1) is 13.8 Å². The Labute approximate surface area is 230 Å². The number of nitrogens with one attached hydrogen (secondary N) is 2. The van der Waals surface area contributed by atoms with Crippen molar-refractivity contribution in [1.82, 2.24) is 30.2 Å². The van der Waals surface area contributed by atoms with E-state index in [0.717, 1.165) is 67.3 Å². The first-order chi connectivity index (χ1) is 19.1. The summed E-state index contributed by atoms with van der Waals surface area (Å²) in [6.45, 7) is 7.33. The summed E-state index contributed by atoms with van der Waals surface area (Å²) in [7, 11) is 0. The van der Waals surface area contributed by atoms with Crippen molar-refractivity contribution in [1.29, 1.82) is 0 Å². The van der Waals surface area contributed by atoms with Gasteiger partial charge in [-0.05, 0) is 85.7 Å². The van der Waals surface area contributed by atoms with Crippen LogP contribution in [0.25, 0.3) is 11.0 Å². The van der Waals surface area contributed by atoms with E-state index in [1.807, 2.05) is 12.3 Å². The molecule has 0 radical (unpaired) electrons. The molecule has 0 spiro atoms. The van der Waals surface area contributed by atoms with Crippen molar-refractivity contribution in [3.8, 4) is 0 Å². The lowest BCUT2D eigenvalue weighted by atomic mass is 9.90. The van der Waals surface area contributed by atoms with Crippen LogP contribution in [0.15, 0.2) is 79.0 Å². The molecule has 0 saturated heterocycles. The van der Waals surface area contributed by atoms with E-state index < -0.39 is 0 Å².